The smallest absolute Gasteiger partial charge is 0.293 e. The summed E-state index contributed by atoms with van der Waals surface area (Å²) in [7, 11) is 0. The maximum Gasteiger partial charge on any atom is 0.293 e. The molecule has 0 atom stereocenters. The zero-order valence-corrected chi connectivity index (χ0v) is 17.6. The van der Waals surface area contributed by atoms with Crippen molar-refractivity contribution < 1.29 is 9.72 Å². The molecule has 0 unspecified atom stereocenters. The third-order valence-corrected chi connectivity index (χ3v) is 6.00. The fourth-order valence-corrected chi connectivity index (χ4v) is 4.49. The average Bonchev–Trinajstić information content (AvgIpc) is 3.33. The van der Waals surface area contributed by atoms with Gasteiger partial charge in [0.2, 0.25) is 0 Å². The van der Waals surface area contributed by atoms with Crippen molar-refractivity contribution in [3.8, 4) is 10.7 Å². The largest absolute Gasteiger partial charge is 0.324 e. The van der Waals surface area contributed by atoms with Crippen LogP contribution in [0.4, 0.5) is 11.4 Å². The molecule has 8 heteroatoms. The molecule has 0 bridgehead atoms. The maximum absolute atomic E-state index is 12.8. The van der Waals surface area contributed by atoms with Crippen LogP contribution in [0.15, 0.2) is 48.5 Å². The zero-order chi connectivity index (χ0) is 21.4. The Balaban J connectivity index is 1.68. The molecule has 4 rings (SSSR count). The van der Waals surface area contributed by atoms with Gasteiger partial charge in [0.1, 0.15) is 5.69 Å². The topological polar surface area (TPSA) is 90.1 Å². The van der Waals surface area contributed by atoms with Gasteiger partial charge in [-0.05, 0) is 56.2 Å². The second-order valence-corrected chi connectivity index (χ2v) is 8.10. The normalized spacial score (nSPS) is 11.0. The van der Waals surface area contributed by atoms with E-state index >= 15 is 0 Å². The lowest BCUT2D eigenvalue weighted by atomic mass is 10.1. The van der Waals surface area contributed by atoms with E-state index in [1.165, 1.54) is 17.4 Å². The van der Waals surface area contributed by atoms with Gasteiger partial charge in [-0.15, -0.1) is 11.3 Å². The Hall–Kier alpha value is -3.52. The minimum absolute atomic E-state index is 0.106. The fourth-order valence-electron chi connectivity index (χ4n) is 3.59. The summed E-state index contributed by atoms with van der Waals surface area (Å²) in [5.41, 5.74) is 3.49. The quantitative estimate of drug-likeness (QED) is 0.338. The summed E-state index contributed by atoms with van der Waals surface area (Å²) in [4.78, 5) is 29.9. The van der Waals surface area contributed by atoms with Gasteiger partial charge < -0.3 is 9.88 Å². The number of para-hydroxylation sites is 2. The first-order valence-corrected chi connectivity index (χ1v) is 10.3. The van der Waals surface area contributed by atoms with Gasteiger partial charge in [-0.3, -0.25) is 14.9 Å². The Bertz CT molecular complexity index is 1290. The number of hydrogen-bond donors (Lipinski definition) is 1. The van der Waals surface area contributed by atoms with E-state index in [0.29, 0.717) is 10.4 Å². The molecule has 0 radical (unpaired) electrons. The number of imidazole rings is 1. The number of thiophene rings is 1. The van der Waals surface area contributed by atoms with Gasteiger partial charge in [0.05, 0.1) is 25.7 Å². The summed E-state index contributed by atoms with van der Waals surface area (Å²) >= 11 is 1.32. The summed E-state index contributed by atoms with van der Waals surface area (Å²) in [6, 6.07) is 14.8. The summed E-state index contributed by atoms with van der Waals surface area (Å²) < 4.78 is 2.11. The number of nitrogens with one attached hydrogen (secondary N) is 1. The summed E-state index contributed by atoms with van der Waals surface area (Å²) in [5, 5.41) is 14.2. The van der Waals surface area contributed by atoms with E-state index < -0.39 is 4.92 Å². The molecule has 0 fully saturated rings. The van der Waals surface area contributed by atoms with Crippen molar-refractivity contribution in [1.29, 1.82) is 0 Å². The number of hydrogen-bond acceptors (Lipinski definition) is 5. The molecule has 0 aliphatic rings. The van der Waals surface area contributed by atoms with Crippen LogP contribution in [-0.4, -0.2) is 20.4 Å². The molecule has 1 amide bonds. The van der Waals surface area contributed by atoms with Crippen molar-refractivity contribution in [2.24, 2.45) is 0 Å². The highest BCUT2D eigenvalue weighted by atomic mass is 32.1. The Morgan fingerprint density at radius 2 is 1.97 bits per heavy atom. The minimum atomic E-state index is -0.473. The number of anilines is 1. The first-order chi connectivity index (χ1) is 14.4. The molecule has 0 spiro atoms. The van der Waals surface area contributed by atoms with Crippen LogP contribution in [0.3, 0.4) is 0 Å². The number of nitro groups is 1. The number of aryl methyl sites for hydroxylation is 3. The Morgan fingerprint density at radius 3 is 2.70 bits per heavy atom. The molecular weight excluding hydrogens is 400 g/mol. The second-order valence-electron chi connectivity index (χ2n) is 7.02. The van der Waals surface area contributed by atoms with Crippen LogP contribution in [0.5, 0.6) is 0 Å². The first-order valence-electron chi connectivity index (χ1n) is 9.51. The monoisotopic (exact) mass is 420 g/mol. The molecule has 7 nitrogen and oxygen atoms in total. The first kappa shape index (κ1) is 19.8. The van der Waals surface area contributed by atoms with E-state index in [2.05, 4.69) is 16.8 Å². The highest BCUT2D eigenvalue weighted by molar-refractivity contribution is 7.17. The van der Waals surface area contributed by atoms with E-state index in [1.54, 1.807) is 19.9 Å². The van der Waals surface area contributed by atoms with Crippen LogP contribution in [-0.2, 0) is 6.54 Å². The number of fused-ring (bicyclic) bond motifs is 1. The molecule has 0 aliphatic carbocycles. The van der Waals surface area contributed by atoms with E-state index in [1.807, 2.05) is 36.4 Å². The molecule has 2 heterocycles. The van der Waals surface area contributed by atoms with Crippen LogP contribution in [0.25, 0.3) is 21.7 Å². The highest BCUT2D eigenvalue weighted by Crippen LogP contribution is 2.33. The molecule has 0 aliphatic heterocycles. The minimum Gasteiger partial charge on any atom is -0.324 e. The fraction of sp³-hybridized carbons (Fsp3) is 0.182. The van der Waals surface area contributed by atoms with Crippen LogP contribution in [0.1, 0.15) is 27.7 Å². The molecule has 0 saturated carbocycles. The SMILES string of the molecule is CCn1c(-c2ccc(C(=O)Nc3c(C)cc(C)cc3[N+](=O)[O-])s2)nc2ccccc21. The van der Waals surface area contributed by atoms with Crippen molar-refractivity contribution in [3.05, 3.63) is 74.6 Å². The lowest BCUT2D eigenvalue weighted by Crippen LogP contribution is -2.13. The summed E-state index contributed by atoms with van der Waals surface area (Å²) in [6.45, 7) is 6.35. The van der Waals surface area contributed by atoms with E-state index in [4.69, 9.17) is 4.98 Å². The van der Waals surface area contributed by atoms with Crippen LogP contribution in [0.2, 0.25) is 0 Å². The van der Waals surface area contributed by atoms with Crippen LogP contribution in [0, 0.1) is 24.0 Å². The lowest BCUT2D eigenvalue weighted by Gasteiger charge is -2.09. The standard InChI is InChI=1S/C22H20N4O3S/c1-4-25-16-8-6-5-7-15(16)23-21(25)18-9-10-19(30-18)22(27)24-20-14(3)11-13(2)12-17(20)26(28)29/h5-12H,4H2,1-3H3,(H,24,27). The molecule has 0 saturated heterocycles. The van der Waals surface area contributed by atoms with Gasteiger partial charge in [0.25, 0.3) is 11.6 Å². The number of benzene rings is 2. The molecule has 2 aromatic heterocycles. The third kappa shape index (κ3) is 3.46. The van der Waals surface area contributed by atoms with Crippen molar-refractivity contribution in [2.75, 3.05) is 5.32 Å². The molecular formula is C22H20N4O3S. The maximum atomic E-state index is 12.8. The molecule has 152 valence electrons. The number of nitrogens with zero attached hydrogens (tertiary/aromatic N) is 3. The van der Waals surface area contributed by atoms with Gasteiger partial charge >= 0.3 is 0 Å². The third-order valence-electron chi connectivity index (χ3n) is 4.92. The number of rotatable bonds is 5. The van der Waals surface area contributed by atoms with Crippen molar-refractivity contribution in [2.45, 2.75) is 27.3 Å². The predicted octanol–water partition coefficient (Wildman–Crippen LogP) is 5.56. The van der Waals surface area contributed by atoms with E-state index in [9.17, 15) is 14.9 Å². The van der Waals surface area contributed by atoms with Crippen molar-refractivity contribution in [3.63, 3.8) is 0 Å². The number of carbonyl (C=O) groups is 1. The van der Waals surface area contributed by atoms with Gasteiger partial charge in [-0.1, -0.05) is 18.2 Å². The average molecular weight is 420 g/mol. The number of amides is 1. The Kier molecular flexibility index (Phi) is 5.09. The van der Waals surface area contributed by atoms with E-state index in [0.717, 1.165) is 33.8 Å². The Labute approximate surface area is 177 Å². The summed E-state index contributed by atoms with van der Waals surface area (Å²) in [5.74, 6) is 0.431. The van der Waals surface area contributed by atoms with E-state index in [-0.39, 0.29) is 17.3 Å². The van der Waals surface area contributed by atoms with Gasteiger partial charge in [-0.2, -0.15) is 0 Å². The molecule has 2 aromatic carbocycles. The number of carbonyl (C=O) groups excluding carboxylic acids is 1. The summed E-state index contributed by atoms with van der Waals surface area (Å²) in [6.07, 6.45) is 0. The van der Waals surface area contributed by atoms with Gasteiger partial charge in [0, 0.05) is 12.6 Å². The molecule has 1 N–H and O–H groups in total. The van der Waals surface area contributed by atoms with Crippen molar-refractivity contribution in [1.82, 2.24) is 9.55 Å². The van der Waals surface area contributed by atoms with Gasteiger partial charge in [-0.25, -0.2) is 4.98 Å². The Morgan fingerprint density at radius 1 is 1.20 bits per heavy atom. The number of aromatic nitrogens is 2. The molecule has 4 aromatic rings. The lowest BCUT2D eigenvalue weighted by molar-refractivity contribution is -0.384. The predicted molar refractivity (Wildman–Crippen MR) is 119 cm³/mol. The molecule has 30 heavy (non-hydrogen) atoms. The van der Waals surface area contributed by atoms with Crippen molar-refractivity contribution >= 4 is 39.7 Å². The highest BCUT2D eigenvalue weighted by Gasteiger charge is 2.21. The second kappa shape index (κ2) is 7.72. The van der Waals surface area contributed by atoms with Crippen LogP contribution >= 0.6 is 11.3 Å². The number of nitro benzene ring substituents is 1. The van der Waals surface area contributed by atoms with Gasteiger partial charge in [0.15, 0.2) is 5.82 Å². The van der Waals surface area contributed by atoms with Crippen LogP contribution < -0.4 is 5.32 Å². The zero-order valence-electron chi connectivity index (χ0n) is 16.8.